The van der Waals surface area contributed by atoms with Gasteiger partial charge in [-0.15, -0.1) is 0 Å². The van der Waals surface area contributed by atoms with Gasteiger partial charge in [-0.25, -0.2) is 4.90 Å². The molecule has 0 aliphatic heterocycles. The summed E-state index contributed by atoms with van der Waals surface area (Å²) in [7, 11) is 1.61. The predicted octanol–water partition coefficient (Wildman–Crippen LogP) is 1.69. The molecule has 0 heterocycles. The molecule has 1 N–H and O–H groups in total. The van der Waals surface area contributed by atoms with Gasteiger partial charge in [0.2, 0.25) is 0 Å². The monoisotopic (exact) mass is 225 g/mol. The topological polar surface area (TPSA) is 41.9 Å². The third-order valence-electron chi connectivity index (χ3n) is 2.43. The largest absolute Gasteiger partial charge is 0.497 e. The third kappa shape index (κ3) is 3.40. The van der Waals surface area contributed by atoms with Crippen molar-refractivity contribution in [3.8, 4) is 11.5 Å². The van der Waals surface area contributed by atoms with Gasteiger partial charge in [0.1, 0.15) is 11.5 Å². The highest BCUT2D eigenvalue weighted by molar-refractivity contribution is 5.31. The van der Waals surface area contributed by atoms with Crippen LogP contribution in [0.4, 0.5) is 0 Å². The summed E-state index contributed by atoms with van der Waals surface area (Å²) in [5, 5.41) is 9.76. The molecule has 16 heavy (non-hydrogen) atoms. The van der Waals surface area contributed by atoms with Crippen molar-refractivity contribution < 1.29 is 14.6 Å². The molecular formula is C12H19NO3. The molecule has 0 spiro atoms. The Hall–Kier alpha value is -1.26. The molecule has 0 aliphatic rings. The summed E-state index contributed by atoms with van der Waals surface area (Å²) in [6.45, 7) is 5.44. The molecule has 1 aromatic rings. The van der Waals surface area contributed by atoms with Crippen molar-refractivity contribution >= 4 is 0 Å². The standard InChI is InChI=1S/C12H19NO3/c1-4-13(5-2)12(14)16-11-8-6-10(15-3)7-9-11/h6-9,12,14H,4-5H2,1-3H3. The molecule has 1 aromatic carbocycles. The van der Waals surface area contributed by atoms with Crippen LogP contribution in [-0.2, 0) is 0 Å². The van der Waals surface area contributed by atoms with Crippen LogP contribution in [0.1, 0.15) is 13.8 Å². The molecule has 0 radical (unpaired) electrons. The number of hydrogen-bond donors (Lipinski definition) is 1. The Labute approximate surface area is 96.4 Å². The van der Waals surface area contributed by atoms with Gasteiger partial charge >= 0.3 is 0 Å². The lowest BCUT2D eigenvalue weighted by Gasteiger charge is -2.25. The molecule has 4 nitrogen and oxygen atoms in total. The van der Waals surface area contributed by atoms with Gasteiger partial charge in [-0.05, 0) is 24.3 Å². The van der Waals surface area contributed by atoms with E-state index in [-0.39, 0.29) is 0 Å². The summed E-state index contributed by atoms with van der Waals surface area (Å²) < 4.78 is 10.4. The molecule has 0 bridgehead atoms. The summed E-state index contributed by atoms with van der Waals surface area (Å²) in [6, 6.07) is 7.13. The van der Waals surface area contributed by atoms with Gasteiger partial charge in [-0.1, -0.05) is 13.8 Å². The maximum atomic E-state index is 9.76. The molecule has 0 saturated carbocycles. The van der Waals surface area contributed by atoms with Crippen LogP contribution >= 0.6 is 0 Å². The van der Waals surface area contributed by atoms with E-state index in [1.165, 1.54) is 0 Å². The predicted molar refractivity (Wildman–Crippen MR) is 62.5 cm³/mol. The first-order valence-electron chi connectivity index (χ1n) is 5.44. The number of aliphatic hydroxyl groups is 1. The number of methoxy groups -OCH3 is 1. The number of hydrogen-bond acceptors (Lipinski definition) is 4. The Morgan fingerprint density at radius 1 is 1.12 bits per heavy atom. The van der Waals surface area contributed by atoms with E-state index in [0.717, 1.165) is 18.8 Å². The van der Waals surface area contributed by atoms with E-state index in [1.54, 1.807) is 31.4 Å². The highest BCUT2D eigenvalue weighted by Gasteiger charge is 2.12. The minimum absolute atomic E-state index is 0.625. The molecule has 0 aliphatic carbocycles. The van der Waals surface area contributed by atoms with E-state index in [4.69, 9.17) is 9.47 Å². The highest BCUT2D eigenvalue weighted by Crippen LogP contribution is 2.18. The number of nitrogens with zero attached hydrogens (tertiary/aromatic N) is 1. The van der Waals surface area contributed by atoms with Crippen LogP contribution in [0, 0.1) is 0 Å². The van der Waals surface area contributed by atoms with E-state index >= 15 is 0 Å². The minimum Gasteiger partial charge on any atom is -0.497 e. The molecule has 0 aromatic heterocycles. The van der Waals surface area contributed by atoms with E-state index in [2.05, 4.69) is 0 Å². The van der Waals surface area contributed by atoms with Crippen LogP contribution in [0.5, 0.6) is 11.5 Å². The fourth-order valence-corrected chi connectivity index (χ4v) is 1.39. The average Bonchev–Trinajstić information content (AvgIpc) is 2.31. The number of ether oxygens (including phenoxy) is 2. The smallest absolute Gasteiger partial charge is 0.259 e. The van der Waals surface area contributed by atoms with E-state index in [1.807, 2.05) is 18.7 Å². The number of benzene rings is 1. The molecular weight excluding hydrogens is 206 g/mol. The number of aliphatic hydroxyl groups excluding tert-OH is 1. The quantitative estimate of drug-likeness (QED) is 0.748. The second kappa shape index (κ2) is 6.35. The van der Waals surface area contributed by atoms with Gasteiger partial charge in [0.05, 0.1) is 7.11 Å². The van der Waals surface area contributed by atoms with Crippen molar-refractivity contribution in [2.24, 2.45) is 0 Å². The summed E-state index contributed by atoms with van der Waals surface area (Å²) in [4.78, 5) is 1.81. The van der Waals surface area contributed by atoms with Crippen LogP contribution in [0.3, 0.4) is 0 Å². The second-order valence-electron chi connectivity index (χ2n) is 3.34. The van der Waals surface area contributed by atoms with Crippen molar-refractivity contribution in [3.63, 3.8) is 0 Å². The van der Waals surface area contributed by atoms with Gasteiger partial charge in [-0.2, -0.15) is 0 Å². The van der Waals surface area contributed by atoms with E-state index in [9.17, 15) is 5.11 Å². The van der Waals surface area contributed by atoms with E-state index < -0.39 is 6.41 Å². The number of rotatable bonds is 6. The summed E-state index contributed by atoms with van der Waals surface area (Å²) in [6.07, 6.45) is -0.900. The van der Waals surface area contributed by atoms with Crippen LogP contribution in [0.15, 0.2) is 24.3 Å². The van der Waals surface area contributed by atoms with Crippen LogP contribution in [0.25, 0.3) is 0 Å². The molecule has 1 atom stereocenters. The van der Waals surface area contributed by atoms with Crippen molar-refractivity contribution in [1.82, 2.24) is 4.90 Å². The zero-order chi connectivity index (χ0) is 12.0. The lowest BCUT2D eigenvalue weighted by molar-refractivity contribution is -0.131. The van der Waals surface area contributed by atoms with Gasteiger partial charge in [0.15, 0.2) is 0 Å². The average molecular weight is 225 g/mol. The maximum absolute atomic E-state index is 9.76. The zero-order valence-electron chi connectivity index (χ0n) is 10.0. The Morgan fingerprint density at radius 3 is 2.06 bits per heavy atom. The van der Waals surface area contributed by atoms with Gasteiger partial charge in [0, 0.05) is 13.1 Å². The minimum atomic E-state index is -0.900. The summed E-state index contributed by atoms with van der Waals surface area (Å²) >= 11 is 0. The SMILES string of the molecule is CCN(CC)C(O)Oc1ccc(OC)cc1. The Bertz CT molecular complexity index is 296. The Kier molecular flexibility index (Phi) is 5.08. The van der Waals surface area contributed by atoms with Crippen molar-refractivity contribution in [2.75, 3.05) is 20.2 Å². The lowest BCUT2D eigenvalue weighted by Crippen LogP contribution is -2.39. The van der Waals surface area contributed by atoms with E-state index in [0.29, 0.717) is 5.75 Å². The maximum Gasteiger partial charge on any atom is 0.259 e. The Morgan fingerprint density at radius 2 is 1.62 bits per heavy atom. The van der Waals surface area contributed by atoms with Crippen molar-refractivity contribution in [2.45, 2.75) is 20.3 Å². The first-order chi connectivity index (χ1) is 7.71. The normalized spacial score (nSPS) is 12.6. The first-order valence-corrected chi connectivity index (χ1v) is 5.44. The van der Waals surface area contributed by atoms with Crippen molar-refractivity contribution in [1.29, 1.82) is 0 Å². The van der Waals surface area contributed by atoms with Gasteiger partial charge < -0.3 is 14.6 Å². The lowest BCUT2D eigenvalue weighted by atomic mass is 10.3. The molecule has 0 amide bonds. The molecule has 1 rings (SSSR count). The van der Waals surface area contributed by atoms with Crippen LogP contribution in [-0.4, -0.2) is 36.6 Å². The van der Waals surface area contributed by atoms with Crippen LogP contribution in [0.2, 0.25) is 0 Å². The fourth-order valence-electron chi connectivity index (χ4n) is 1.39. The Balaban J connectivity index is 2.58. The molecule has 0 fully saturated rings. The molecule has 4 heteroatoms. The summed E-state index contributed by atoms with van der Waals surface area (Å²) in [5.74, 6) is 1.39. The zero-order valence-corrected chi connectivity index (χ0v) is 10.0. The second-order valence-corrected chi connectivity index (χ2v) is 3.34. The fraction of sp³-hybridized carbons (Fsp3) is 0.500. The molecule has 90 valence electrons. The van der Waals surface area contributed by atoms with Gasteiger partial charge in [0.25, 0.3) is 6.41 Å². The van der Waals surface area contributed by atoms with Crippen molar-refractivity contribution in [3.05, 3.63) is 24.3 Å². The van der Waals surface area contributed by atoms with Gasteiger partial charge in [-0.3, -0.25) is 0 Å². The molecule has 1 unspecified atom stereocenters. The van der Waals surface area contributed by atoms with Crippen LogP contribution < -0.4 is 9.47 Å². The highest BCUT2D eigenvalue weighted by atomic mass is 16.6. The summed E-state index contributed by atoms with van der Waals surface area (Å²) in [5.41, 5.74) is 0. The molecule has 0 saturated heterocycles. The third-order valence-corrected chi connectivity index (χ3v) is 2.43. The first kappa shape index (κ1) is 12.8.